The second kappa shape index (κ2) is 8.38. The number of nitrogens with zero attached hydrogens (tertiary/aromatic N) is 3. The van der Waals surface area contributed by atoms with Gasteiger partial charge in [0.15, 0.2) is 5.69 Å². The lowest BCUT2D eigenvalue weighted by atomic mass is 9.77. The van der Waals surface area contributed by atoms with Gasteiger partial charge in [-0.2, -0.15) is 18.3 Å². The van der Waals surface area contributed by atoms with Gasteiger partial charge in [0.25, 0.3) is 0 Å². The Morgan fingerprint density at radius 3 is 2.38 bits per heavy atom. The minimum Gasteiger partial charge on any atom is -0.371 e. The van der Waals surface area contributed by atoms with Crippen LogP contribution in [0.1, 0.15) is 50.6 Å². The van der Waals surface area contributed by atoms with E-state index in [4.69, 9.17) is 5.73 Å². The van der Waals surface area contributed by atoms with Crippen molar-refractivity contribution in [3.8, 4) is 5.69 Å². The number of alkyl halides is 3. The van der Waals surface area contributed by atoms with Crippen LogP contribution in [0.4, 0.5) is 18.9 Å². The predicted octanol–water partition coefficient (Wildman–Crippen LogP) is 5.02. The van der Waals surface area contributed by atoms with E-state index >= 15 is 0 Å². The van der Waals surface area contributed by atoms with Crippen molar-refractivity contribution in [2.24, 2.45) is 17.6 Å². The number of rotatable bonds is 4. The molecule has 7 heteroatoms. The Balaban J connectivity index is 1.40. The molecule has 1 aliphatic carbocycles. The zero-order valence-electron chi connectivity index (χ0n) is 16.6. The van der Waals surface area contributed by atoms with Crippen LogP contribution in [0.2, 0.25) is 0 Å². The Kier molecular flexibility index (Phi) is 5.86. The number of anilines is 1. The second-order valence-corrected chi connectivity index (χ2v) is 8.56. The summed E-state index contributed by atoms with van der Waals surface area (Å²) in [5.41, 5.74) is 7.23. The molecular weight excluding hydrogens is 377 g/mol. The first-order valence-corrected chi connectivity index (χ1v) is 10.6. The molecule has 2 aromatic rings. The van der Waals surface area contributed by atoms with Crippen molar-refractivity contribution in [1.29, 1.82) is 0 Å². The van der Waals surface area contributed by atoms with Crippen molar-refractivity contribution in [2.45, 2.75) is 57.2 Å². The summed E-state index contributed by atoms with van der Waals surface area (Å²) in [6.45, 7) is 2.05. The van der Waals surface area contributed by atoms with Crippen molar-refractivity contribution in [3.05, 3.63) is 42.2 Å². The van der Waals surface area contributed by atoms with Gasteiger partial charge >= 0.3 is 6.18 Å². The average molecular weight is 406 g/mol. The van der Waals surface area contributed by atoms with Crippen LogP contribution in [0.25, 0.3) is 5.69 Å². The van der Waals surface area contributed by atoms with Crippen LogP contribution in [-0.2, 0) is 6.18 Å². The van der Waals surface area contributed by atoms with E-state index in [9.17, 15) is 13.2 Å². The van der Waals surface area contributed by atoms with E-state index in [0.717, 1.165) is 31.3 Å². The molecule has 1 saturated carbocycles. The van der Waals surface area contributed by atoms with E-state index < -0.39 is 11.9 Å². The first kappa shape index (κ1) is 20.3. The van der Waals surface area contributed by atoms with Crippen LogP contribution in [0.5, 0.6) is 0 Å². The van der Waals surface area contributed by atoms with Gasteiger partial charge in [-0.3, -0.25) is 0 Å². The SMILES string of the molecule is N[C@@H]1CCCC[C@H]1C[C@H]1CCCN(c2ccc(-n3ccc(C(F)(F)F)n3)cc2)C1. The van der Waals surface area contributed by atoms with E-state index in [0.29, 0.717) is 23.6 Å². The molecule has 1 aliphatic heterocycles. The van der Waals surface area contributed by atoms with Gasteiger partial charge in [0.2, 0.25) is 0 Å². The summed E-state index contributed by atoms with van der Waals surface area (Å²) in [7, 11) is 0. The number of aromatic nitrogens is 2. The quantitative estimate of drug-likeness (QED) is 0.776. The maximum Gasteiger partial charge on any atom is 0.435 e. The number of benzene rings is 1. The fraction of sp³-hybridized carbons (Fsp3) is 0.591. The van der Waals surface area contributed by atoms with E-state index in [1.54, 1.807) is 0 Å². The second-order valence-electron chi connectivity index (χ2n) is 8.56. The first-order chi connectivity index (χ1) is 13.9. The molecule has 29 heavy (non-hydrogen) atoms. The third-order valence-electron chi connectivity index (χ3n) is 6.48. The van der Waals surface area contributed by atoms with Crippen LogP contribution < -0.4 is 10.6 Å². The first-order valence-electron chi connectivity index (χ1n) is 10.6. The van der Waals surface area contributed by atoms with Gasteiger partial charge in [-0.15, -0.1) is 0 Å². The highest BCUT2D eigenvalue weighted by atomic mass is 19.4. The molecule has 4 nitrogen and oxygen atoms in total. The van der Waals surface area contributed by atoms with Crippen molar-refractivity contribution in [3.63, 3.8) is 0 Å². The van der Waals surface area contributed by atoms with Crippen LogP contribution in [-0.4, -0.2) is 28.9 Å². The molecular formula is C22H29F3N4. The minimum absolute atomic E-state index is 0.356. The monoisotopic (exact) mass is 406 g/mol. The van der Waals surface area contributed by atoms with E-state index in [1.807, 2.05) is 24.3 Å². The largest absolute Gasteiger partial charge is 0.435 e. The zero-order valence-corrected chi connectivity index (χ0v) is 16.6. The molecule has 0 bridgehead atoms. The maximum absolute atomic E-state index is 12.8. The van der Waals surface area contributed by atoms with E-state index in [-0.39, 0.29) is 0 Å². The van der Waals surface area contributed by atoms with Gasteiger partial charge in [0, 0.05) is 31.0 Å². The number of nitrogens with two attached hydrogens (primary N) is 1. The molecule has 1 aromatic heterocycles. The highest BCUT2D eigenvalue weighted by Gasteiger charge is 2.33. The number of piperidine rings is 1. The molecule has 3 atom stereocenters. The fourth-order valence-corrected chi connectivity index (χ4v) is 4.88. The molecule has 2 aliphatic rings. The Morgan fingerprint density at radius 1 is 0.966 bits per heavy atom. The minimum atomic E-state index is -4.42. The molecule has 0 spiro atoms. The van der Waals surface area contributed by atoms with Crippen LogP contribution >= 0.6 is 0 Å². The average Bonchev–Trinajstić information content (AvgIpc) is 3.21. The highest BCUT2D eigenvalue weighted by Crippen LogP contribution is 2.33. The molecule has 0 amide bonds. The highest BCUT2D eigenvalue weighted by molar-refractivity contribution is 5.51. The van der Waals surface area contributed by atoms with Crippen LogP contribution in [0.3, 0.4) is 0 Å². The summed E-state index contributed by atoms with van der Waals surface area (Å²) in [6.07, 6.45) is 5.55. The molecule has 0 radical (unpaired) electrons. The van der Waals surface area contributed by atoms with Gasteiger partial charge in [0.1, 0.15) is 0 Å². The van der Waals surface area contributed by atoms with Crippen molar-refractivity contribution >= 4 is 5.69 Å². The van der Waals surface area contributed by atoms with Crippen LogP contribution in [0, 0.1) is 11.8 Å². The molecule has 4 rings (SSSR count). The Labute approximate surface area is 169 Å². The summed E-state index contributed by atoms with van der Waals surface area (Å²) in [5.74, 6) is 1.32. The smallest absolute Gasteiger partial charge is 0.371 e. The summed E-state index contributed by atoms with van der Waals surface area (Å²) in [5, 5.41) is 3.64. The number of hydrogen-bond donors (Lipinski definition) is 1. The molecule has 2 fully saturated rings. The van der Waals surface area contributed by atoms with Crippen molar-refractivity contribution in [2.75, 3.05) is 18.0 Å². The molecule has 1 saturated heterocycles. The van der Waals surface area contributed by atoms with Gasteiger partial charge in [-0.25, -0.2) is 4.68 Å². The van der Waals surface area contributed by atoms with Gasteiger partial charge < -0.3 is 10.6 Å². The maximum atomic E-state index is 12.8. The summed E-state index contributed by atoms with van der Waals surface area (Å²) in [4.78, 5) is 2.40. The zero-order chi connectivity index (χ0) is 20.4. The van der Waals surface area contributed by atoms with Crippen molar-refractivity contribution < 1.29 is 13.2 Å². The Morgan fingerprint density at radius 2 is 1.69 bits per heavy atom. The van der Waals surface area contributed by atoms with Crippen molar-refractivity contribution in [1.82, 2.24) is 9.78 Å². The fourth-order valence-electron chi connectivity index (χ4n) is 4.88. The molecule has 2 heterocycles. The predicted molar refractivity (Wildman–Crippen MR) is 108 cm³/mol. The van der Waals surface area contributed by atoms with E-state index in [2.05, 4.69) is 10.00 Å². The molecule has 0 unspecified atom stereocenters. The summed E-state index contributed by atoms with van der Waals surface area (Å²) < 4.78 is 39.6. The Bertz CT molecular complexity index is 799. The summed E-state index contributed by atoms with van der Waals surface area (Å²) in [6, 6.07) is 9.00. The van der Waals surface area contributed by atoms with Gasteiger partial charge in [-0.1, -0.05) is 12.8 Å². The molecule has 158 valence electrons. The molecule has 2 N–H and O–H groups in total. The standard InChI is InChI=1S/C22H29F3N4/c23-22(24,25)21-11-13-29(27-21)19-9-7-18(8-10-19)28-12-3-4-16(15-28)14-17-5-1-2-6-20(17)26/h7-11,13,16-17,20H,1-6,12,14-15,26H2/t16-,17+,20-/m1/s1. The third-order valence-corrected chi connectivity index (χ3v) is 6.48. The lowest BCUT2D eigenvalue weighted by Gasteiger charge is -2.38. The van der Waals surface area contributed by atoms with Crippen LogP contribution in [0.15, 0.2) is 36.5 Å². The lowest BCUT2D eigenvalue weighted by molar-refractivity contribution is -0.141. The third kappa shape index (κ3) is 4.77. The number of hydrogen-bond acceptors (Lipinski definition) is 3. The van der Waals surface area contributed by atoms with E-state index in [1.165, 1.54) is 49.4 Å². The van der Waals surface area contributed by atoms with Gasteiger partial charge in [-0.05, 0) is 74.3 Å². The lowest BCUT2D eigenvalue weighted by Crippen LogP contribution is -2.39. The molecule has 1 aromatic carbocycles. The topological polar surface area (TPSA) is 47.1 Å². The summed E-state index contributed by atoms with van der Waals surface area (Å²) >= 11 is 0. The Hall–Kier alpha value is -2.02. The normalized spacial score (nSPS) is 25.9. The number of halogens is 3. The van der Waals surface area contributed by atoms with Gasteiger partial charge in [0.05, 0.1) is 5.69 Å².